The molecule has 3 nitrogen and oxygen atoms in total. The van der Waals surface area contributed by atoms with Crippen LogP contribution in [0.25, 0.3) is 0 Å². The van der Waals surface area contributed by atoms with E-state index in [9.17, 15) is 8.78 Å². The van der Waals surface area contributed by atoms with Crippen molar-refractivity contribution in [2.45, 2.75) is 45.8 Å². The molecule has 0 atom stereocenters. The topological polar surface area (TPSA) is 24.5 Å². The molecule has 0 radical (unpaired) electrons. The van der Waals surface area contributed by atoms with Crippen molar-refractivity contribution in [1.29, 1.82) is 0 Å². The van der Waals surface area contributed by atoms with Crippen molar-refractivity contribution in [3.8, 4) is 5.75 Å². The highest BCUT2D eigenvalue weighted by Gasteiger charge is 2.13. The Hall–Kier alpha value is -1.20. The lowest BCUT2D eigenvalue weighted by Gasteiger charge is -2.22. The van der Waals surface area contributed by atoms with E-state index in [-0.39, 0.29) is 12.1 Å². The summed E-state index contributed by atoms with van der Waals surface area (Å²) in [6, 6.07) is 5.90. The van der Waals surface area contributed by atoms with Gasteiger partial charge < -0.3 is 10.1 Å². The minimum absolute atomic E-state index is 0.0343. The summed E-state index contributed by atoms with van der Waals surface area (Å²) in [4.78, 5) is 1.60. The molecule has 21 heavy (non-hydrogen) atoms. The molecule has 0 aliphatic heterocycles. The Morgan fingerprint density at radius 3 is 2.48 bits per heavy atom. The zero-order chi connectivity index (χ0) is 16.0. The number of halogens is 2. The van der Waals surface area contributed by atoms with E-state index in [1.807, 2.05) is 18.2 Å². The molecule has 0 spiro atoms. The minimum atomic E-state index is -2.33. The number of nitrogens with zero attached hydrogens (tertiary/aromatic N) is 1. The monoisotopic (exact) mass is 300 g/mol. The lowest BCUT2D eigenvalue weighted by atomic mass is 10.1. The lowest BCUT2D eigenvalue weighted by molar-refractivity contribution is 0.0972. The van der Waals surface area contributed by atoms with Gasteiger partial charge in [-0.25, -0.2) is 8.78 Å². The highest BCUT2D eigenvalue weighted by atomic mass is 19.3. The Kier molecular flexibility index (Phi) is 6.55. The first-order chi connectivity index (χ1) is 9.71. The van der Waals surface area contributed by atoms with Gasteiger partial charge in [0.05, 0.1) is 13.7 Å². The standard InChI is InChI=1S/C16H26F2N2O/c1-16(2,3)19-9-12-6-7-14(21-5)13(8-12)10-20(4)11-15(17)18/h6-8,15,19H,9-11H2,1-5H3. The molecule has 1 N–H and O–H groups in total. The fourth-order valence-electron chi connectivity index (χ4n) is 2.02. The van der Waals surface area contributed by atoms with Crippen LogP contribution in [0.5, 0.6) is 5.75 Å². The molecule has 0 aliphatic carbocycles. The third kappa shape index (κ3) is 6.87. The molecule has 0 amide bonds. The van der Waals surface area contributed by atoms with Crippen LogP contribution >= 0.6 is 0 Å². The highest BCUT2D eigenvalue weighted by Crippen LogP contribution is 2.22. The summed E-state index contributed by atoms with van der Waals surface area (Å²) in [5.74, 6) is 0.732. The summed E-state index contributed by atoms with van der Waals surface area (Å²) in [6.45, 7) is 7.25. The first kappa shape index (κ1) is 17.9. The van der Waals surface area contributed by atoms with E-state index in [1.54, 1.807) is 19.1 Å². The fraction of sp³-hybridized carbons (Fsp3) is 0.625. The predicted octanol–water partition coefficient (Wildman–Crippen LogP) is 3.28. The van der Waals surface area contributed by atoms with E-state index in [0.717, 1.165) is 23.4 Å². The third-order valence-corrected chi connectivity index (χ3v) is 3.06. The molecule has 0 bridgehead atoms. The number of benzene rings is 1. The maximum atomic E-state index is 12.4. The van der Waals surface area contributed by atoms with E-state index in [1.165, 1.54) is 0 Å². The third-order valence-electron chi connectivity index (χ3n) is 3.06. The van der Waals surface area contributed by atoms with E-state index >= 15 is 0 Å². The Bertz CT molecular complexity index is 444. The molecular weight excluding hydrogens is 274 g/mol. The zero-order valence-corrected chi connectivity index (χ0v) is 13.5. The van der Waals surface area contributed by atoms with Gasteiger partial charge in [-0.2, -0.15) is 0 Å². The van der Waals surface area contributed by atoms with E-state index in [4.69, 9.17) is 4.74 Å². The molecule has 1 rings (SSSR count). The minimum Gasteiger partial charge on any atom is -0.496 e. The molecule has 5 heteroatoms. The van der Waals surface area contributed by atoms with Crippen LogP contribution in [0.4, 0.5) is 8.78 Å². The van der Waals surface area contributed by atoms with Gasteiger partial charge in [-0.1, -0.05) is 6.07 Å². The van der Waals surface area contributed by atoms with Crippen molar-refractivity contribution >= 4 is 0 Å². The number of ether oxygens (including phenoxy) is 1. The number of rotatable bonds is 7. The second kappa shape index (κ2) is 7.71. The Balaban J connectivity index is 2.80. The van der Waals surface area contributed by atoms with Crippen molar-refractivity contribution in [3.63, 3.8) is 0 Å². The molecule has 1 aromatic rings. The molecule has 0 unspecified atom stereocenters. The van der Waals surface area contributed by atoms with Gasteiger partial charge in [-0.05, 0) is 45.5 Å². The summed E-state index contributed by atoms with van der Waals surface area (Å²) < 4.78 is 30.2. The first-order valence-corrected chi connectivity index (χ1v) is 7.09. The van der Waals surface area contributed by atoms with Crippen molar-refractivity contribution in [1.82, 2.24) is 10.2 Å². The SMILES string of the molecule is COc1ccc(CNC(C)(C)C)cc1CN(C)CC(F)F. The Morgan fingerprint density at radius 1 is 1.29 bits per heavy atom. The summed E-state index contributed by atoms with van der Waals surface area (Å²) in [7, 11) is 3.28. The smallest absolute Gasteiger partial charge is 0.251 e. The molecule has 0 saturated heterocycles. The Labute approximate surface area is 126 Å². The largest absolute Gasteiger partial charge is 0.496 e. The summed E-state index contributed by atoms with van der Waals surface area (Å²) in [6.07, 6.45) is -2.33. The molecule has 0 fully saturated rings. The number of hydrogen-bond acceptors (Lipinski definition) is 3. The van der Waals surface area contributed by atoms with Gasteiger partial charge >= 0.3 is 0 Å². The molecule has 0 heterocycles. The molecule has 0 aliphatic rings. The van der Waals surface area contributed by atoms with E-state index in [2.05, 4.69) is 26.1 Å². The van der Waals surface area contributed by atoms with Crippen LogP contribution in [0.2, 0.25) is 0 Å². The maximum Gasteiger partial charge on any atom is 0.251 e. The van der Waals surface area contributed by atoms with Gasteiger partial charge in [0.2, 0.25) is 0 Å². The number of methoxy groups -OCH3 is 1. The summed E-state index contributed by atoms with van der Waals surface area (Å²) >= 11 is 0. The second-order valence-electron chi connectivity index (χ2n) is 6.34. The van der Waals surface area contributed by atoms with Crippen LogP contribution in [0, 0.1) is 0 Å². The number of alkyl halides is 2. The summed E-state index contributed by atoms with van der Waals surface area (Å²) in [5, 5.41) is 3.41. The molecular formula is C16H26F2N2O. The molecule has 0 aromatic heterocycles. The number of hydrogen-bond donors (Lipinski definition) is 1. The van der Waals surface area contributed by atoms with E-state index < -0.39 is 6.43 Å². The lowest BCUT2D eigenvalue weighted by Crippen LogP contribution is -2.35. The maximum absolute atomic E-state index is 12.4. The normalized spacial score (nSPS) is 12.2. The van der Waals surface area contributed by atoms with Gasteiger partial charge in [0.15, 0.2) is 0 Å². The van der Waals surface area contributed by atoms with Crippen LogP contribution in [-0.2, 0) is 13.1 Å². The van der Waals surface area contributed by atoms with Crippen LogP contribution in [0.3, 0.4) is 0 Å². The van der Waals surface area contributed by atoms with Crippen molar-refractivity contribution in [2.24, 2.45) is 0 Å². The second-order valence-corrected chi connectivity index (χ2v) is 6.34. The number of nitrogens with one attached hydrogen (secondary N) is 1. The van der Waals surface area contributed by atoms with Gasteiger partial charge in [-0.15, -0.1) is 0 Å². The average Bonchev–Trinajstić information content (AvgIpc) is 2.34. The molecule has 0 saturated carbocycles. The summed E-state index contributed by atoms with van der Waals surface area (Å²) in [5.41, 5.74) is 2.08. The first-order valence-electron chi connectivity index (χ1n) is 7.09. The fourth-order valence-corrected chi connectivity index (χ4v) is 2.02. The van der Waals surface area contributed by atoms with Crippen molar-refractivity contribution in [2.75, 3.05) is 20.7 Å². The highest BCUT2D eigenvalue weighted by molar-refractivity contribution is 5.37. The van der Waals surface area contributed by atoms with Crippen LogP contribution in [-0.4, -0.2) is 37.6 Å². The van der Waals surface area contributed by atoms with Gasteiger partial charge in [0.25, 0.3) is 6.43 Å². The molecule has 120 valence electrons. The van der Waals surface area contributed by atoms with Crippen LogP contribution in [0.15, 0.2) is 18.2 Å². The van der Waals surface area contributed by atoms with E-state index in [0.29, 0.717) is 6.54 Å². The van der Waals surface area contributed by atoms with Crippen LogP contribution < -0.4 is 10.1 Å². The van der Waals surface area contributed by atoms with Gasteiger partial charge in [-0.3, -0.25) is 4.90 Å². The van der Waals surface area contributed by atoms with Crippen molar-refractivity contribution < 1.29 is 13.5 Å². The zero-order valence-electron chi connectivity index (χ0n) is 13.5. The van der Waals surface area contributed by atoms with Crippen molar-refractivity contribution in [3.05, 3.63) is 29.3 Å². The van der Waals surface area contributed by atoms with Gasteiger partial charge in [0, 0.05) is 24.2 Å². The van der Waals surface area contributed by atoms with Gasteiger partial charge in [0.1, 0.15) is 5.75 Å². The quantitative estimate of drug-likeness (QED) is 0.836. The Morgan fingerprint density at radius 2 is 1.95 bits per heavy atom. The average molecular weight is 300 g/mol. The van der Waals surface area contributed by atoms with Crippen LogP contribution in [0.1, 0.15) is 31.9 Å². The molecule has 1 aromatic carbocycles. The predicted molar refractivity (Wildman–Crippen MR) is 81.9 cm³/mol.